The first-order chi connectivity index (χ1) is 9.11. The molecule has 1 N–H and O–H groups in total. The highest BCUT2D eigenvalue weighted by Gasteiger charge is 2.47. The molecular weight excluding hydrogens is 268 g/mol. The fraction of sp³-hybridized carbons (Fsp3) is 0.214. The van der Waals surface area contributed by atoms with Crippen molar-refractivity contribution in [1.29, 1.82) is 0 Å². The maximum absolute atomic E-state index is 13.8. The number of amides is 1. The van der Waals surface area contributed by atoms with Gasteiger partial charge in [0.05, 0.1) is 10.4 Å². The Morgan fingerprint density at radius 1 is 1.26 bits per heavy atom. The van der Waals surface area contributed by atoms with Crippen molar-refractivity contribution >= 4 is 17.2 Å². The second-order valence-electron chi connectivity index (χ2n) is 4.64. The Hall–Kier alpha value is -1.75. The van der Waals surface area contributed by atoms with Crippen molar-refractivity contribution in [3.8, 4) is 0 Å². The molecular formula is C14H11F2NOS. The van der Waals surface area contributed by atoms with Crippen LogP contribution in [0.5, 0.6) is 0 Å². The van der Waals surface area contributed by atoms with Crippen molar-refractivity contribution in [2.75, 3.05) is 0 Å². The van der Waals surface area contributed by atoms with Crippen LogP contribution in [-0.4, -0.2) is 5.91 Å². The van der Waals surface area contributed by atoms with Crippen molar-refractivity contribution in [2.45, 2.75) is 18.4 Å². The molecule has 19 heavy (non-hydrogen) atoms. The van der Waals surface area contributed by atoms with Gasteiger partial charge in [0.2, 0.25) is 0 Å². The molecule has 0 radical (unpaired) electrons. The van der Waals surface area contributed by atoms with Gasteiger partial charge in [0.1, 0.15) is 11.6 Å². The molecule has 1 aliphatic rings. The van der Waals surface area contributed by atoms with E-state index >= 15 is 0 Å². The molecule has 1 fully saturated rings. The maximum Gasteiger partial charge on any atom is 0.262 e. The van der Waals surface area contributed by atoms with Crippen LogP contribution in [0.1, 0.15) is 28.1 Å². The lowest BCUT2D eigenvalue weighted by atomic mass is 10.0. The minimum atomic E-state index is -0.668. The summed E-state index contributed by atoms with van der Waals surface area (Å²) in [4.78, 5) is 12.6. The Morgan fingerprint density at radius 3 is 2.63 bits per heavy atom. The topological polar surface area (TPSA) is 29.1 Å². The lowest BCUT2D eigenvalue weighted by molar-refractivity contribution is 0.0934. The number of hydrogen-bond donors (Lipinski definition) is 1. The van der Waals surface area contributed by atoms with Gasteiger partial charge in [-0.1, -0.05) is 12.1 Å². The molecule has 1 amide bonds. The van der Waals surface area contributed by atoms with E-state index in [9.17, 15) is 13.6 Å². The number of hydrogen-bond acceptors (Lipinski definition) is 2. The van der Waals surface area contributed by atoms with Crippen LogP contribution in [0.2, 0.25) is 0 Å². The number of thiophene rings is 1. The average molecular weight is 279 g/mol. The highest BCUT2D eigenvalue weighted by atomic mass is 32.1. The van der Waals surface area contributed by atoms with Gasteiger partial charge in [-0.15, -0.1) is 11.3 Å². The highest BCUT2D eigenvalue weighted by Crippen LogP contribution is 2.46. The molecule has 1 saturated carbocycles. The van der Waals surface area contributed by atoms with Gasteiger partial charge >= 0.3 is 0 Å². The van der Waals surface area contributed by atoms with Gasteiger partial charge in [-0.3, -0.25) is 4.79 Å². The molecule has 0 atom stereocenters. The van der Waals surface area contributed by atoms with E-state index in [0.29, 0.717) is 23.3 Å². The van der Waals surface area contributed by atoms with Crippen LogP contribution in [0, 0.1) is 11.6 Å². The summed E-state index contributed by atoms with van der Waals surface area (Å²) in [6.45, 7) is 0. The quantitative estimate of drug-likeness (QED) is 0.916. The molecule has 5 heteroatoms. The second kappa shape index (κ2) is 4.42. The molecule has 1 aliphatic carbocycles. The molecule has 1 aromatic heterocycles. The van der Waals surface area contributed by atoms with Crippen LogP contribution < -0.4 is 5.32 Å². The molecule has 0 aliphatic heterocycles. The van der Waals surface area contributed by atoms with Gasteiger partial charge in [0.15, 0.2) is 0 Å². The summed E-state index contributed by atoms with van der Waals surface area (Å²) >= 11 is 1.34. The predicted molar refractivity (Wildman–Crippen MR) is 69.1 cm³/mol. The summed E-state index contributed by atoms with van der Waals surface area (Å²) in [7, 11) is 0. The zero-order valence-corrected chi connectivity index (χ0v) is 10.8. The molecule has 1 aromatic carbocycles. The summed E-state index contributed by atoms with van der Waals surface area (Å²) in [5.74, 6) is -1.43. The van der Waals surface area contributed by atoms with E-state index in [-0.39, 0.29) is 5.91 Å². The molecule has 98 valence electrons. The molecule has 2 nitrogen and oxygen atoms in total. The van der Waals surface area contributed by atoms with E-state index in [1.54, 1.807) is 12.1 Å². The van der Waals surface area contributed by atoms with Crippen molar-refractivity contribution in [3.05, 3.63) is 57.8 Å². The first kappa shape index (κ1) is 12.3. The highest BCUT2D eigenvalue weighted by molar-refractivity contribution is 7.12. The Balaban J connectivity index is 1.86. The fourth-order valence-electron chi connectivity index (χ4n) is 2.15. The van der Waals surface area contributed by atoms with Crippen LogP contribution in [0.25, 0.3) is 0 Å². The third kappa shape index (κ3) is 2.26. The number of benzene rings is 1. The van der Waals surface area contributed by atoms with Gasteiger partial charge in [0.25, 0.3) is 5.91 Å². The zero-order chi connectivity index (χ0) is 13.5. The molecule has 0 saturated heterocycles. The van der Waals surface area contributed by atoms with Crippen molar-refractivity contribution < 1.29 is 13.6 Å². The number of carbonyl (C=O) groups excluding carboxylic acids is 1. The lowest BCUT2D eigenvalue weighted by Gasteiger charge is -2.18. The van der Waals surface area contributed by atoms with E-state index in [1.807, 2.05) is 5.38 Å². The standard InChI is InChI=1S/C14H11F2NOS/c15-9-3-4-10(11(16)8-9)14(5-6-14)17-13(18)12-2-1-7-19-12/h1-4,7-8H,5-6H2,(H,17,18). The van der Waals surface area contributed by atoms with Gasteiger partial charge in [-0.25, -0.2) is 8.78 Å². The largest absolute Gasteiger partial charge is 0.342 e. The second-order valence-corrected chi connectivity index (χ2v) is 5.59. The molecule has 2 aromatic rings. The van der Waals surface area contributed by atoms with Crippen LogP contribution in [-0.2, 0) is 5.54 Å². The van der Waals surface area contributed by atoms with E-state index in [0.717, 1.165) is 6.07 Å². The summed E-state index contributed by atoms with van der Waals surface area (Å²) < 4.78 is 26.7. The minimum Gasteiger partial charge on any atom is -0.342 e. The van der Waals surface area contributed by atoms with Crippen LogP contribution in [0.3, 0.4) is 0 Å². The van der Waals surface area contributed by atoms with Gasteiger partial charge in [-0.2, -0.15) is 0 Å². The SMILES string of the molecule is O=C(NC1(c2ccc(F)cc2F)CC1)c1cccs1. The van der Waals surface area contributed by atoms with Crippen LogP contribution in [0.4, 0.5) is 8.78 Å². The zero-order valence-electron chi connectivity index (χ0n) is 9.95. The normalized spacial score (nSPS) is 16.1. The average Bonchev–Trinajstić information content (AvgIpc) is 2.93. The van der Waals surface area contributed by atoms with Crippen molar-refractivity contribution in [1.82, 2.24) is 5.32 Å². The number of nitrogens with one attached hydrogen (secondary N) is 1. The monoisotopic (exact) mass is 279 g/mol. The summed E-state index contributed by atoms with van der Waals surface area (Å²) in [6.07, 6.45) is 1.35. The fourth-order valence-corrected chi connectivity index (χ4v) is 2.77. The number of rotatable bonds is 3. The lowest BCUT2D eigenvalue weighted by Crippen LogP contribution is -2.35. The molecule has 0 unspecified atom stereocenters. The van der Waals surface area contributed by atoms with Gasteiger partial charge < -0.3 is 5.32 Å². The third-order valence-electron chi connectivity index (χ3n) is 3.29. The van der Waals surface area contributed by atoms with Gasteiger partial charge in [-0.05, 0) is 30.4 Å². The Kier molecular flexibility index (Phi) is 2.86. The summed E-state index contributed by atoms with van der Waals surface area (Å²) in [5, 5.41) is 4.67. The molecule has 1 heterocycles. The Labute approximate surface area is 113 Å². The Bertz CT molecular complexity index is 620. The first-order valence-electron chi connectivity index (χ1n) is 5.92. The van der Waals surface area contributed by atoms with E-state index < -0.39 is 17.2 Å². The number of carbonyl (C=O) groups is 1. The van der Waals surface area contributed by atoms with Crippen molar-refractivity contribution in [2.24, 2.45) is 0 Å². The minimum absolute atomic E-state index is 0.212. The summed E-state index contributed by atoms with van der Waals surface area (Å²) in [6, 6.07) is 6.99. The van der Waals surface area contributed by atoms with Crippen LogP contribution >= 0.6 is 11.3 Å². The molecule has 0 spiro atoms. The third-order valence-corrected chi connectivity index (χ3v) is 4.16. The van der Waals surface area contributed by atoms with E-state index in [2.05, 4.69) is 5.32 Å². The van der Waals surface area contributed by atoms with Crippen molar-refractivity contribution in [3.63, 3.8) is 0 Å². The smallest absolute Gasteiger partial charge is 0.262 e. The Morgan fingerprint density at radius 2 is 2.05 bits per heavy atom. The first-order valence-corrected chi connectivity index (χ1v) is 6.80. The summed E-state index contributed by atoms with van der Waals surface area (Å²) in [5.41, 5.74) is -0.308. The van der Waals surface area contributed by atoms with E-state index in [1.165, 1.54) is 23.5 Å². The number of halogens is 2. The van der Waals surface area contributed by atoms with E-state index in [4.69, 9.17) is 0 Å². The predicted octanol–water partition coefficient (Wildman–Crippen LogP) is 3.45. The molecule has 0 bridgehead atoms. The molecule has 3 rings (SSSR count). The van der Waals surface area contributed by atoms with Gasteiger partial charge in [0, 0.05) is 11.6 Å². The maximum atomic E-state index is 13.8. The van der Waals surface area contributed by atoms with Crippen LogP contribution in [0.15, 0.2) is 35.7 Å².